The van der Waals surface area contributed by atoms with E-state index in [1.807, 2.05) is 0 Å². The third-order valence-electron chi connectivity index (χ3n) is 3.12. The highest BCUT2D eigenvalue weighted by Crippen LogP contribution is 2.29. The van der Waals surface area contributed by atoms with Crippen LogP contribution in [-0.4, -0.2) is 13.1 Å². The topological polar surface area (TPSA) is 12.0 Å². The minimum atomic E-state index is 0.875. The molecule has 0 aromatic heterocycles. The summed E-state index contributed by atoms with van der Waals surface area (Å²) in [7, 11) is 0. The van der Waals surface area contributed by atoms with Crippen molar-refractivity contribution in [2.75, 3.05) is 13.1 Å². The average molecular weight is 195 g/mol. The van der Waals surface area contributed by atoms with E-state index in [-0.39, 0.29) is 0 Å². The third kappa shape index (κ3) is 4.80. The van der Waals surface area contributed by atoms with E-state index in [9.17, 15) is 0 Å². The van der Waals surface area contributed by atoms with E-state index >= 15 is 0 Å². The van der Waals surface area contributed by atoms with Crippen LogP contribution in [0, 0.1) is 11.8 Å². The van der Waals surface area contributed by atoms with Crippen molar-refractivity contribution >= 4 is 0 Å². The Bertz CT molecular complexity index is 163. The van der Waals surface area contributed by atoms with Crippen LogP contribution in [0.5, 0.6) is 0 Å². The molecular formula is C13H25N. The number of allylic oxidation sites excluding steroid dienone is 1. The van der Waals surface area contributed by atoms with Gasteiger partial charge in [-0.3, -0.25) is 0 Å². The Morgan fingerprint density at radius 3 is 2.93 bits per heavy atom. The van der Waals surface area contributed by atoms with Gasteiger partial charge in [-0.2, -0.15) is 0 Å². The van der Waals surface area contributed by atoms with Crippen molar-refractivity contribution in [2.45, 2.75) is 46.0 Å². The molecule has 0 heterocycles. The van der Waals surface area contributed by atoms with Gasteiger partial charge in [-0.05, 0) is 44.2 Å². The van der Waals surface area contributed by atoms with Crippen LogP contribution in [0.2, 0.25) is 0 Å². The molecule has 0 saturated heterocycles. The molecule has 0 aliphatic heterocycles. The number of hydrogen-bond acceptors (Lipinski definition) is 1. The molecule has 1 rings (SSSR count). The smallest absolute Gasteiger partial charge is 0.00144 e. The van der Waals surface area contributed by atoms with Crippen molar-refractivity contribution in [3.63, 3.8) is 0 Å². The molecule has 1 fully saturated rings. The van der Waals surface area contributed by atoms with Crippen molar-refractivity contribution < 1.29 is 0 Å². The number of hydrogen-bond donors (Lipinski definition) is 1. The van der Waals surface area contributed by atoms with Gasteiger partial charge >= 0.3 is 0 Å². The lowest BCUT2D eigenvalue weighted by molar-refractivity contribution is 0.325. The Hall–Kier alpha value is -0.300. The molecule has 0 spiro atoms. The molecule has 0 aromatic rings. The van der Waals surface area contributed by atoms with Crippen molar-refractivity contribution in [3.8, 4) is 0 Å². The molecule has 14 heavy (non-hydrogen) atoms. The average Bonchev–Trinajstić information content (AvgIpc) is 2.18. The van der Waals surface area contributed by atoms with Crippen molar-refractivity contribution in [2.24, 2.45) is 11.8 Å². The Balaban J connectivity index is 2.09. The first kappa shape index (κ1) is 11.8. The molecule has 1 nitrogen and oxygen atoms in total. The summed E-state index contributed by atoms with van der Waals surface area (Å²) < 4.78 is 0. The van der Waals surface area contributed by atoms with Gasteiger partial charge in [0.2, 0.25) is 0 Å². The number of nitrogens with one attached hydrogen (secondary N) is 1. The van der Waals surface area contributed by atoms with Crippen molar-refractivity contribution in [1.29, 1.82) is 0 Å². The van der Waals surface area contributed by atoms with Crippen LogP contribution in [0.3, 0.4) is 0 Å². The monoisotopic (exact) mass is 195 g/mol. The third-order valence-corrected chi connectivity index (χ3v) is 3.12. The standard InChI is InChI=1S/C13H25N/c1-3-14-10-5-4-8-13-9-6-7-12(2)11-13/h4,8,12-14H,3,5-7,9-11H2,1-2H3. The second-order valence-corrected chi connectivity index (χ2v) is 4.60. The van der Waals surface area contributed by atoms with E-state index in [1.54, 1.807) is 0 Å². The predicted octanol–water partition coefficient (Wildman–Crippen LogP) is 3.37. The van der Waals surface area contributed by atoms with Gasteiger partial charge < -0.3 is 5.32 Å². The lowest BCUT2D eigenvalue weighted by Crippen LogP contribution is -2.13. The van der Waals surface area contributed by atoms with Gasteiger partial charge in [0.15, 0.2) is 0 Å². The SMILES string of the molecule is CCNCCC=CC1CCCC(C)C1. The van der Waals surface area contributed by atoms with Gasteiger partial charge in [0.25, 0.3) is 0 Å². The molecular weight excluding hydrogens is 170 g/mol. The molecule has 0 bridgehead atoms. The zero-order valence-corrected chi connectivity index (χ0v) is 9.76. The Kier molecular flexibility index (Phi) is 5.93. The molecule has 2 atom stereocenters. The summed E-state index contributed by atoms with van der Waals surface area (Å²) >= 11 is 0. The maximum Gasteiger partial charge on any atom is -0.00144 e. The molecule has 0 amide bonds. The fourth-order valence-corrected chi connectivity index (χ4v) is 2.31. The molecule has 1 saturated carbocycles. The van der Waals surface area contributed by atoms with Crippen LogP contribution in [0.25, 0.3) is 0 Å². The molecule has 1 aliphatic carbocycles. The summed E-state index contributed by atoms with van der Waals surface area (Å²) in [5.74, 6) is 1.83. The largest absolute Gasteiger partial charge is 0.317 e. The van der Waals surface area contributed by atoms with Crippen molar-refractivity contribution in [3.05, 3.63) is 12.2 Å². The van der Waals surface area contributed by atoms with E-state index in [2.05, 4.69) is 31.3 Å². The molecule has 0 aromatic carbocycles. The Morgan fingerprint density at radius 2 is 2.21 bits per heavy atom. The van der Waals surface area contributed by atoms with Crippen LogP contribution in [0.4, 0.5) is 0 Å². The van der Waals surface area contributed by atoms with E-state index in [1.165, 1.54) is 32.1 Å². The van der Waals surface area contributed by atoms with Crippen LogP contribution >= 0.6 is 0 Å². The maximum atomic E-state index is 3.34. The first-order valence-corrected chi connectivity index (χ1v) is 6.20. The summed E-state index contributed by atoms with van der Waals surface area (Å²) in [6.07, 6.45) is 11.7. The highest BCUT2D eigenvalue weighted by Gasteiger charge is 2.15. The van der Waals surface area contributed by atoms with E-state index in [4.69, 9.17) is 0 Å². The summed E-state index contributed by atoms with van der Waals surface area (Å²) in [6.45, 7) is 6.77. The lowest BCUT2D eigenvalue weighted by atomic mass is 9.82. The summed E-state index contributed by atoms with van der Waals surface area (Å²) in [5, 5.41) is 3.34. The Labute approximate surface area is 89.0 Å². The molecule has 1 N–H and O–H groups in total. The highest BCUT2D eigenvalue weighted by atomic mass is 14.8. The quantitative estimate of drug-likeness (QED) is 0.524. The minimum absolute atomic E-state index is 0.875. The van der Waals surface area contributed by atoms with E-state index < -0.39 is 0 Å². The number of rotatable bonds is 5. The Morgan fingerprint density at radius 1 is 1.36 bits per heavy atom. The molecule has 1 aliphatic rings. The van der Waals surface area contributed by atoms with E-state index in [0.29, 0.717) is 0 Å². The first-order chi connectivity index (χ1) is 6.83. The molecule has 0 radical (unpaired) electrons. The second kappa shape index (κ2) is 7.05. The summed E-state index contributed by atoms with van der Waals surface area (Å²) in [4.78, 5) is 0. The van der Waals surface area contributed by atoms with Gasteiger partial charge in [0.1, 0.15) is 0 Å². The van der Waals surface area contributed by atoms with E-state index in [0.717, 1.165) is 24.9 Å². The van der Waals surface area contributed by atoms with Gasteiger partial charge in [0.05, 0.1) is 0 Å². The van der Waals surface area contributed by atoms with Crippen LogP contribution in [0.15, 0.2) is 12.2 Å². The normalized spacial score (nSPS) is 28.4. The predicted molar refractivity (Wildman–Crippen MR) is 63.4 cm³/mol. The molecule has 82 valence electrons. The summed E-state index contributed by atoms with van der Waals surface area (Å²) in [5.41, 5.74) is 0. The minimum Gasteiger partial charge on any atom is -0.317 e. The summed E-state index contributed by atoms with van der Waals surface area (Å²) in [6, 6.07) is 0. The zero-order valence-electron chi connectivity index (χ0n) is 9.76. The maximum absolute atomic E-state index is 3.34. The van der Waals surface area contributed by atoms with Crippen LogP contribution in [-0.2, 0) is 0 Å². The highest BCUT2D eigenvalue weighted by molar-refractivity contribution is 4.91. The first-order valence-electron chi connectivity index (χ1n) is 6.20. The zero-order chi connectivity index (χ0) is 10.2. The van der Waals surface area contributed by atoms with Crippen LogP contribution < -0.4 is 5.32 Å². The fourth-order valence-electron chi connectivity index (χ4n) is 2.31. The fraction of sp³-hybridized carbons (Fsp3) is 0.846. The van der Waals surface area contributed by atoms with Crippen molar-refractivity contribution in [1.82, 2.24) is 5.32 Å². The molecule has 1 heteroatoms. The van der Waals surface area contributed by atoms with Gasteiger partial charge in [-0.15, -0.1) is 0 Å². The van der Waals surface area contributed by atoms with Gasteiger partial charge in [0, 0.05) is 0 Å². The van der Waals surface area contributed by atoms with Crippen LogP contribution in [0.1, 0.15) is 46.0 Å². The van der Waals surface area contributed by atoms with Gasteiger partial charge in [-0.25, -0.2) is 0 Å². The second-order valence-electron chi connectivity index (χ2n) is 4.60. The lowest BCUT2D eigenvalue weighted by Gasteiger charge is -2.24. The van der Waals surface area contributed by atoms with Gasteiger partial charge in [-0.1, -0.05) is 38.8 Å². The molecule has 2 unspecified atom stereocenters.